The van der Waals surface area contributed by atoms with Gasteiger partial charge in [0.15, 0.2) is 0 Å². The molecule has 0 aliphatic carbocycles. The van der Waals surface area contributed by atoms with Crippen molar-refractivity contribution >= 4 is 11.3 Å². The van der Waals surface area contributed by atoms with Gasteiger partial charge in [-0.1, -0.05) is 0 Å². The van der Waals surface area contributed by atoms with E-state index in [0.29, 0.717) is 6.42 Å². The van der Waals surface area contributed by atoms with E-state index in [4.69, 9.17) is 0 Å². The number of aromatic nitrogens is 2. The third-order valence-electron chi connectivity index (χ3n) is 2.25. The van der Waals surface area contributed by atoms with Crippen molar-refractivity contribution in [3.05, 3.63) is 46.2 Å². The summed E-state index contributed by atoms with van der Waals surface area (Å²) in [6, 6.07) is 2.36. The Bertz CT molecular complexity index is 480. The van der Waals surface area contributed by atoms with E-state index in [-0.39, 0.29) is 12.1 Å². The van der Waals surface area contributed by atoms with Crippen LogP contribution in [-0.4, -0.2) is 9.97 Å². The van der Waals surface area contributed by atoms with Crippen LogP contribution in [0.25, 0.3) is 0 Å². The third kappa shape index (κ3) is 3.03. The molecule has 0 amide bonds. The largest absolute Gasteiger partial charge is 0.418 e. The van der Waals surface area contributed by atoms with E-state index in [1.165, 1.54) is 23.6 Å². The highest BCUT2D eigenvalue weighted by molar-refractivity contribution is 7.09. The third-order valence-corrected chi connectivity index (χ3v) is 3.09. The highest BCUT2D eigenvalue weighted by atomic mass is 32.1. The quantitative estimate of drug-likeness (QED) is 0.843. The molecule has 6 heteroatoms. The van der Waals surface area contributed by atoms with Crippen molar-refractivity contribution in [2.75, 3.05) is 0 Å². The van der Waals surface area contributed by atoms with E-state index < -0.39 is 11.7 Å². The second kappa shape index (κ2) is 4.83. The fourth-order valence-electron chi connectivity index (χ4n) is 1.50. The van der Waals surface area contributed by atoms with Gasteiger partial charge in [-0.05, 0) is 18.6 Å². The number of hydrogen-bond donors (Lipinski definition) is 0. The Morgan fingerprint density at radius 2 is 1.94 bits per heavy atom. The second-order valence-electron chi connectivity index (χ2n) is 3.42. The standard InChI is InChI=1S/C11H9F3N2S/c12-11(13,14)8-2-1-5-15-9(8)3-4-10-16-6-7-17-10/h1-2,5-7H,3-4H2. The van der Waals surface area contributed by atoms with Crippen LogP contribution in [0, 0.1) is 0 Å². The van der Waals surface area contributed by atoms with E-state index in [2.05, 4.69) is 9.97 Å². The Morgan fingerprint density at radius 3 is 2.59 bits per heavy atom. The lowest BCUT2D eigenvalue weighted by molar-refractivity contribution is -0.138. The van der Waals surface area contributed by atoms with Crippen molar-refractivity contribution in [2.24, 2.45) is 0 Å². The van der Waals surface area contributed by atoms with Crippen LogP contribution in [0.5, 0.6) is 0 Å². The smallest absolute Gasteiger partial charge is 0.261 e. The maximum absolute atomic E-state index is 12.7. The molecule has 0 fully saturated rings. The van der Waals surface area contributed by atoms with Crippen molar-refractivity contribution in [1.29, 1.82) is 0 Å². The summed E-state index contributed by atoms with van der Waals surface area (Å²) in [6.45, 7) is 0. The van der Waals surface area contributed by atoms with Crippen molar-refractivity contribution in [3.8, 4) is 0 Å². The zero-order valence-corrected chi connectivity index (χ0v) is 9.55. The molecular formula is C11H9F3N2S. The van der Waals surface area contributed by atoms with Crippen molar-refractivity contribution in [3.63, 3.8) is 0 Å². The molecule has 0 spiro atoms. The number of nitrogens with zero attached hydrogens (tertiary/aromatic N) is 2. The van der Waals surface area contributed by atoms with Gasteiger partial charge in [0.1, 0.15) is 0 Å². The fourth-order valence-corrected chi connectivity index (χ4v) is 2.12. The van der Waals surface area contributed by atoms with Gasteiger partial charge in [-0.2, -0.15) is 13.2 Å². The Labute approximate surface area is 100 Å². The van der Waals surface area contributed by atoms with Gasteiger partial charge in [-0.15, -0.1) is 11.3 Å². The van der Waals surface area contributed by atoms with E-state index in [9.17, 15) is 13.2 Å². The first-order valence-electron chi connectivity index (χ1n) is 4.97. The molecule has 2 aromatic heterocycles. The molecule has 2 nitrogen and oxygen atoms in total. The molecule has 0 atom stereocenters. The molecule has 0 aliphatic heterocycles. The van der Waals surface area contributed by atoms with E-state index in [0.717, 1.165) is 11.1 Å². The minimum absolute atomic E-state index is 0.0789. The predicted octanol–water partition coefficient (Wildman–Crippen LogP) is 3.34. The van der Waals surface area contributed by atoms with Crippen molar-refractivity contribution in [1.82, 2.24) is 9.97 Å². The molecule has 2 aromatic rings. The Morgan fingerprint density at radius 1 is 1.12 bits per heavy atom. The lowest BCUT2D eigenvalue weighted by Crippen LogP contribution is -2.11. The second-order valence-corrected chi connectivity index (χ2v) is 4.40. The summed E-state index contributed by atoms with van der Waals surface area (Å²) in [5.41, 5.74) is -0.577. The van der Waals surface area contributed by atoms with Crippen LogP contribution in [0.3, 0.4) is 0 Å². The normalized spacial score (nSPS) is 11.7. The number of rotatable bonds is 3. The summed E-state index contributed by atoms with van der Waals surface area (Å²) < 4.78 is 38.0. The Balaban J connectivity index is 2.16. The number of pyridine rings is 1. The minimum atomic E-state index is -4.34. The van der Waals surface area contributed by atoms with Gasteiger partial charge in [-0.25, -0.2) is 4.98 Å². The maximum Gasteiger partial charge on any atom is 0.418 e. The monoisotopic (exact) mass is 258 g/mol. The number of halogens is 3. The van der Waals surface area contributed by atoms with Gasteiger partial charge in [0, 0.05) is 24.2 Å². The van der Waals surface area contributed by atoms with E-state index in [1.54, 1.807) is 11.6 Å². The number of aryl methyl sites for hydroxylation is 2. The Hall–Kier alpha value is -1.43. The van der Waals surface area contributed by atoms with Crippen LogP contribution >= 0.6 is 11.3 Å². The average molecular weight is 258 g/mol. The van der Waals surface area contributed by atoms with E-state index >= 15 is 0 Å². The average Bonchev–Trinajstić information content (AvgIpc) is 2.78. The van der Waals surface area contributed by atoms with E-state index in [1.807, 2.05) is 0 Å². The molecular weight excluding hydrogens is 249 g/mol. The van der Waals surface area contributed by atoms with Gasteiger partial charge in [-0.3, -0.25) is 4.98 Å². The van der Waals surface area contributed by atoms with Crippen LogP contribution in [0.2, 0.25) is 0 Å². The molecule has 0 N–H and O–H groups in total. The summed E-state index contributed by atoms with van der Waals surface area (Å²) in [6.07, 6.45) is -0.580. The van der Waals surface area contributed by atoms with Gasteiger partial charge in [0.2, 0.25) is 0 Å². The summed E-state index contributed by atoms with van der Waals surface area (Å²) in [4.78, 5) is 7.83. The van der Waals surface area contributed by atoms with Crippen LogP contribution in [0.15, 0.2) is 29.9 Å². The highest BCUT2D eigenvalue weighted by Crippen LogP contribution is 2.31. The molecule has 0 saturated carbocycles. The molecule has 90 valence electrons. The van der Waals surface area contributed by atoms with Gasteiger partial charge in [0.05, 0.1) is 16.3 Å². The summed E-state index contributed by atoms with van der Waals surface area (Å²) >= 11 is 1.44. The molecule has 0 aliphatic rings. The van der Waals surface area contributed by atoms with Crippen LogP contribution in [-0.2, 0) is 19.0 Å². The highest BCUT2D eigenvalue weighted by Gasteiger charge is 2.33. The fraction of sp³-hybridized carbons (Fsp3) is 0.273. The zero-order chi connectivity index (χ0) is 12.3. The SMILES string of the molecule is FC(F)(F)c1cccnc1CCc1nccs1. The van der Waals surface area contributed by atoms with Gasteiger partial charge >= 0.3 is 6.18 Å². The first kappa shape index (κ1) is 12.0. The first-order valence-corrected chi connectivity index (χ1v) is 5.85. The van der Waals surface area contributed by atoms with Gasteiger partial charge in [0.25, 0.3) is 0 Å². The molecule has 2 heterocycles. The minimum Gasteiger partial charge on any atom is -0.261 e. The number of hydrogen-bond acceptors (Lipinski definition) is 3. The van der Waals surface area contributed by atoms with Crippen molar-refractivity contribution < 1.29 is 13.2 Å². The number of alkyl halides is 3. The summed E-state index contributed by atoms with van der Waals surface area (Å²) in [7, 11) is 0. The lowest BCUT2D eigenvalue weighted by Gasteiger charge is -2.10. The molecule has 17 heavy (non-hydrogen) atoms. The molecule has 0 aromatic carbocycles. The maximum atomic E-state index is 12.7. The van der Waals surface area contributed by atoms with Crippen molar-refractivity contribution in [2.45, 2.75) is 19.0 Å². The summed E-state index contributed by atoms with van der Waals surface area (Å²) in [5, 5.41) is 2.63. The zero-order valence-electron chi connectivity index (χ0n) is 8.74. The van der Waals surface area contributed by atoms with Crippen LogP contribution in [0.1, 0.15) is 16.3 Å². The first-order chi connectivity index (χ1) is 8.07. The van der Waals surface area contributed by atoms with Crippen LogP contribution in [0.4, 0.5) is 13.2 Å². The molecule has 0 saturated heterocycles. The number of thiazole rings is 1. The molecule has 2 rings (SSSR count). The topological polar surface area (TPSA) is 25.8 Å². The molecule has 0 radical (unpaired) electrons. The van der Waals surface area contributed by atoms with Gasteiger partial charge < -0.3 is 0 Å². The van der Waals surface area contributed by atoms with Crippen LogP contribution < -0.4 is 0 Å². The molecule has 0 bridgehead atoms. The lowest BCUT2D eigenvalue weighted by atomic mass is 10.1. The Kier molecular flexibility index (Phi) is 3.42. The summed E-state index contributed by atoms with van der Waals surface area (Å²) in [5.74, 6) is 0. The molecule has 0 unspecified atom stereocenters. The predicted molar refractivity (Wildman–Crippen MR) is 58.8 cm³/mol.